The molecule has 1 aromatic rings. The molecule has 0 aromatic carbocycles. The van der Waals surface area contributed by atoms with Crippen LogP contribution in [0.15, 0.2) is 6.07 Å². The third kappa shape index (κ3) is 2.87. The maximum Gasteiger partial charge on any atom is 0.404 e. The molecule has 0 aliphatic heterocycles. The number of ketones is 1. The molecule has 0 saturated carbocycles. The van der Waals surface area contributed by atoms with Crippen LogP contribution in [0.3, 0.4) is 0 Å². The summed E-state index contributed by atoms with van der Waals surface area (Å²) in [7, 11) is 0. The summed E-state index contributed by atoms with van der Waals surface area (Å²) in [5.41, 5.74) is 4.93. The smallest absolute Gasteiger partial charge is 0.404 e. The van der Waals surface area contributed by atoms with Crippen LogP contribution in [0.2, 0.25) is 8.67 Å². The number of rotatable bonds is 3. The Labute approximate surface area is 93.5 Å². The minimum absolute atomic E-state index is 0.239. The van der Waals surface area contributed by atoms with E-state index in [0.717, 1.165) is 11.3 Å². The molecule has 2 N–H and O–H groups in total. The molecule has 4 nitrogen and oxygen atoms in total. The second-order valence-electron chi connectivity index (χ2n) is 2.27. The van der Waals surface area contributed by atoms with Crippen molar-refractivity contribution in [3.63, 3.8) is 0 Å². The fourth-order valence-electron chi connectivity index (χ4n) is 0.745. The molecule has 0 radical (unpaired) electrons. The fraction of sp³-hybridized carbons (Fsp3) is 0.143. The third-order valence-electron chi connectivity index (χ3n) is 1.30. The molecule has 1 rings (SSSR count). The maximum atomic E-state index is 11.3. The van der Waals surface area contributed by atoms with Gasteiger partial charge in [-0.25, -0.2) is 4.79 Å². The number of hydrogen-bond acceptors (Lipinski definition) is 4. The van der Waals surface area contributed by atoms with Gasteiger partial charge in [0.25, 0.3) is 0 Å². The quantitative estimate of drug-likeness (QED) is 0.841. The lowest BCUT2D eigenvalue weighted by Gasteiger charge is -1.98. The Morgan fingerprint density at radius 2 is 2.14 bits per heavy atom. The number of Topliss-reactive ketones (excluding diaryl/α,β-unsaturated/α-hetero) is 1. The van der Waals surface area contributed by atoms with Gasteiger partial charge in [-0.1, -0.05) is 23.2 Å². The molecular weight excluding hydrogens is 249 g/mol. The van der Waals surface area contributed by atoms with Crippen LogP contribution in [0.25, 0.3) is 0 Å². The van der Waals surface area contributed by atoms with Crippen LogP contribution in [-0.2, 0) is 4.74 Å². The van der Waals surface area contributed by atoms with Crippen molar-refractivity contribution in [2.24, 2.45) is 5.73 Å². The number of primary amides is 1. The maximum absolute atomic E-state index is 11.3. The van der Waals surface area contributed by atoms with Crippen molar-refractivity contribution in [3.05, 3.63) is 20.3 Å². The first-order valence-electron chi connectivity index (χ1n) is 3.41. The molecule has 0 atom stereocenters. The van der Waals surface area contributed by atoms with E-state index in [1.54, 1.807) is 0 Å². The van der Waals surface area contributed by atoms with Gasteiger partial charge in [-0.2, -0.15) is 0 Å². The second kappa shape index (κ2) is 4.63. The Balaban J connectivity index is 2.69. The lowest BCUT2D eigenvalue weighted by Crippen LogP contribution is -2.18. The van der Waals surface area contributed by atoms with Crippen LogP contribution in [0, 0.1) is 0 Å². The Morgan fingerprint density at radius 3 is 2.57 bits per heavy atom. The molecule has 1 heterocycles. The Bertz CT molecular complexity index is 377. The normalized spacial score (nSPS) is 9.86. The van der Waals surface area contributed by atoms with Crippen molar-refractivity contribution < 1.29 is 14.3 Å². The van der Waals surface area contributed by atoms with Crippen LogP contribution < -0.4 is 5.73 Å². The lowest BCUT2D eigenvalue weighted by molar-refractivity contribution is 0.0858. The van der Waals surface area contributed by atoms with Gasteiger partial charge in [-0.15, -0.1) is 11.3 Å². The first-order valence-corrected chi connectivity index (χ1v) is 4.98. The average molecular weight is 254 g/mol. The zero-order valence-electron chi connectivity index (χ0n) is 6.75. The molecule has 76 valence electrons. The number of amides is 1. The molecule has 0 unspecified atom stereocenters. The summed E-state index contributed by atoms with van der Waals surface area (Å²) in [6, 6.07) is 1.42. The number of carbonyl (C=O) groups is 2. The Kier molecular flexibility index (Phi) is 3.74. The summed E-state index contributed by atoms with van der Waals surface area (Å²) in [5.74, 6) is -0.433. The molecule has 0 bridgehead atoms. The number of nitrogens with two attached hydrogens (primary N) is 1. The van der Waals surface area contributed by atoms with E-state index in [9.17, 15) is 9.59 Å². The van der Waals surface area contributed by atoms with Crippen LogP contribution >= 0.6 is 34.5 Å². The molecule has 0 spiro atoms. The number of ether oxygens (including phenoxy) is 1. The lowest BCUT2D eigenvalue weighted by atomic mass is 10.2. The van der Waals surface area contributed by atoms with E-state index in [-0.39, 0.29) is 9.90 Å². The number of halogens is 2. The highest BCUT2D eigenvalue weighted by molar-refractivity contribution is 7.20. The van der Waals surface area contributed by atoms with Crippen molar-refractivity contribution in [3.8, 4) is 0 Å². The van der Waals surface area contributed by atoms with Crippen molar-refractivity contribution in [1.82, 2.24) is 0 Å². The van der Waals surface area contributed by atoms with E-state index < -0.39 is 18.5 Å². The highest BCUT2D eigenvalue weighted by atomic mass is 35.5. The Hall–Kier alpha value is -0.780. The second-order valence-corrected chi connectivity index (χ2v) is 4.55. The molecule has 1 aromatic heterocycles. The van der Waals surface area contributed by atoms with Crippen molar-refractivity contribution in [2.75, 3.05) is 6.61 Å². The summed E-state index contributed by atoms with van der Waals surface area (Å²) in [4.78, 5) is 21.5. The highest BCUT2D eigenvalue weighted by Crippen LogP contribution is 2.31. The van der Waals surface area contributed by atoms with Gasteiger partial charge in [0.1, 0.15) is 4.34 Å². The standard InChI is InChI=1S/C7H5Cl2NO3S/c8-5-1-3(6(9)14-5)4(11)2-13-7(10)12/h1H,2H2,(H2,10,12). The van der Waals surface area contributed by atoms with Crippen LogP contribution in [0.5, 0.6) is 0 Å². The van der Waals surface area contributed by atoms with E-state index in [1.165, 1.54) is 6.07 Å². The SMILES string of the molecule is NC(=O)OCC(=O)c1cc(Cl)sc1Cl. The monoisotopic (exact) mass is 253 g/mol. The van der Waals surface area contributed by atoms with Gasteiger partial charge in [0.15, 0.2) is 6.61 Å². The summed E-state index contributed by atoms with van der Waals surface area (Å²) in [6.07, 6.45) is -1.00. The third-order valence-corrected chi connectivity index (χ3v) is 2.79. The predicted molar refractivity (Wildman–Crippen MR) is 54.2 cm³/mol. The van der Waals surface area contributed by atoms with Crippen LogP contribution in [0.4, 0.5) is 4.79 Å². The predicted octanol–water partition coefficient (Wildman–Crippen LogP) is 2.33. The fourth-order valence-corrected chi connectivity index (χ4v) is 2.24. The summed E-state index contributed by atoms with van der Waals surface area (Å²) in [5, 5.41) is 0. The van der Waals surface area contributed by atoms with E-state index >= 15 is 0 Å². The first-order chi connectivity index (χ1) is 6.50. The van der Waals surface area contributed by atoms with E-state index in [1.807, 2.05) is 0 Å². The van der Waals surface area contributed by atoms with Crippen LogP contribution in [-0.4, -0.2) is 18.5 Å². The minimum Gasteiger partial charge on any atom is -0.441 e. The zero-order chi connectivity index (χ0) is 10.7. The molecule has 0 aliphatic carbocycles. The summed E-state index contributed by atoms with van der Waals surface area (Å²) < 4.78 is 4.99. The van der Waals surface area contributed by atoms with Crippen molar-refractivity contribution in [1.29, 1.82) is 0 Å². The van der Waals surface area contributed by atoms with Gasteiger partial charge < -0.3 is 10.5 Å². The van der Waals surface area contributed by atoms with Crippen molar-refractivity contribution in [2.45, 2.75) is 0 Å². The molecule has 7 heteroatoms. The summed E-state index contributed by atoms with van der Waals surface area (Å²) >= 11 is 12.4. The number of hydrogen-bond donors (Lipinski definition) is 1. The number of thiophene rings is 1. The molecule has 0 saturated heterocycles. The number of carbonyl (C=O) groups excluding carboxylic acids is 2. The van der Waals surface area contributed by atoms with Gasteiger partial charge in [0.2, 0.25) is 5.78 Å². The van der Waals surface area contributed by atoms with Gasteiger partial charge >= 0.3 is 6.09 Å². The van der Waals surface area contributed by atoms with Gasteiger partial charge in [0.05, 0.1) is 9.90 Å². The zero-order valence-corrected chi connectivity index (χ0v) is 9.08. The van der Waals surface area contributed by atoms with Crippen molar-refractivity contribution >= 4 is 46.4 Å². The average Bonchev–Trinajstić information content (AvgIpc) is 2.41. The molecule has 0 aliphatic rings. The largest absolute Gasteiger partial charge is 0.441 e. The first kappa shape index (κ1) is 11.3. The molecule has 14 heavy (non-hydrogen) atoms. The van der Waals surface area contributed by atoms with E-state index in [0.29, 0.717) is 4.34 Å². The molecular formula is C7H5Cl2NO3S. The van der Waals surface area contributed by atoms with Gasteiger partial charge in [-0.3, -0.25) is 4.79 Å². The topological polar surface area (TPSA) is 69.4 Å². The van der Waals surface area contributed by atoms with Crippen LogP contribution in [0.1, 0.15) is 10.4 Å². The minimum atomic E-state index is -1.00. The van der Waals surface area contributed by atoms with Gasteiger partial charge in [0, 0.05) is 0 Å². The highest BCUT2D eigenvalue weighted by Gasteiger charge is 2.15. The van der Waals surface area contributed by atoms with Gasteiger partial charge in [-0.05, 0) is 6.07 Å². The molecule has 0 fully saturated rings. The van der Waals surface area contributed by atoms with E-state index in [2.05, 4.69) is 4.74 Å². The van der Waals surface area contributed by atoms with E-state index in [4.69, 9.17) is 28.9 Å². The Morgan fingerprint density at radius 1 is 1.50 bits per heavy atom. The summed E-state index contributed by atoms with van der Waals surface area (Å²) in [6.45, 7) is -0.428. The molecule has 1 amide bonds.